The molecule has 0 radical (unpaired) electrons. The molecule has 0 aliphatic carbocycles. The predicted molar refractivity (Wildman–Crippen MR) is 89.4 cm³/mol. The van der Waals surface area contributed by atoms with Gasteiger partial charge in [0.2, 0.25) is 0 Å². The molecule has 2 aromatic carbocycles. The molecule has 106 valence electrons. The summed E-state index contributed by atoms with van der Waals surface area (Å²) in [5, 5.41) is 0.836. The fourth-order valence-electron chi connectivity index (χ4n) is 2.01. The Morgan fingerprint density at radius 2 is 1.70 bits per heavy atom. The van der Waals surface area contributed by atoms with Crippen molar-refractivity contribution in [2.45, 2.75) is 36.5 Å². The molecule has 0 spiro atoms. The molecule has 1 unspecified atom stereocenters. The number of hydrogen-bond acceptors (Lipinski definition) is 2. The topological polar surface area (TPSA) is 26.0 Å². The SMILES string of the molecule is CCC(N)Cc1ccccc1SCc1ccccc1Cl. The predicted octanol–water partition coefficient (Wildman–Crippen LogP) is 4.91. The summed E-state index contributed by atoms with van der Waals surface area (Å²) in [5.74, 6) is 0.887. The smallest absolute Gasteiger partial charge is 0.0446 e. The molecule has 2 aromatic rings. The molecular weight excluding hydrogens is 286 g/mol. The van der Waals surface area contributed by atoms with E-state index in [1.54, 1.807) is 0 Å². The Bertz CT molecular complexity index is 556. The summed E-state index contributed by atoms with van der Waals surface area (Å²) in [7, 11) is 0. The number of halogens is 1. The fraction of sp³-hybridized carbons (Fsp3) is 0.294. The third-order valence-corrected chi connectivity index (χ3v) is 4.85. The first-order valence-corrected chi connectivity index (χ1v) is 8.26. The largest absolute Gasteiger partial charge is 0.327 e. The second-order valence-corrected chi connectivity index (χ2v) is 6.28. The van der Waals surface area contributed by atoms with Gasteiger partial charge in [-0.2, -0.15) is 0 Å². The number of nitrogens with two attached hydrogens (primary N) is 1. The molecule has 0 heterocycles. The van der Waals surface area contributed by atoms with Crippen LogP contribution in [0.4, 0.5) is 0 Å². The molecule has 0 amide bonds. The van der Waals surface area contributed by atoms with Gasteiger partial charge in [-0.05, 0) is 36.1 Å². The third-order valence-electron chi connectivity index (χ3n) is 3.32. The maximum Gasteiger partial charge on any atom is 0.0446 e. The quantitative estimate of drug-likeness (QED) is 0.767. The van der Waals surface area contributed by atoms with Crippen molar-refractivity contribution >= 4 is 23.4 Å². The summed E-state index contributed by atoms with van der Waals surface area (Å²) < 4.78 is 0. The Labute approximate surface area is 130 Å². The van der Waals surface area contributed by atoms with Crippen molar-refractivity contribution in [1.82, 2.24) is 0 Å². The number of rotatable bonds is 6. The van der Waals surface area contributed by atoms with Crippen LogP contribution in [0.5, 0.6) is 0 Å². The van der Waals surface area contributed by atoms with Gasteiger partial charge < -0.3 is 5.73 Å². The van der Waals surface area contributed by atoms with E-state index >= 15 is 0 Å². The van der Waals surface area contributed by atoms with Gasteiger partial charge in [0, 0.05) is 21.7 Å². The lowest BCUT2D eigenvalue weighted by molar-refractivity contribution is 0.641. The van der Waals surface area contributed by atoms with Crippen LogP contribution >= 0.6 is 23.4 Å². The van der Waals surface area contributed by atoms with E-state index in [9.17, 15) is 0 Å². The molecule has 1 atom stereocenters. The summed E-state index contributed by atoms with van der Waals surface area (Å²) in [6.07, 6.45) is 1.94. The van der Waals surface area contributed by atoms with Gasteiger partial charge in [0.1, 0.15) is 0 Å². The molecule has 20 heavy (non-hydrogen) atoms. The first-order valence-electron chi connectivity index (χ1n) is 6.90. The van der Waals surface area contributed by atoms with Gasteiger partial charge >= 0.3 is 0 Å². The minimum atomic E-state index is 0.233. The number of thioether (sulfide) groups is 1. The van der Waals surface area contributed by atoms with E-state index < -0.39 is 0 Å². The second-order valence-electron chi connectivity index (χ2n) is 4.86. The molecule has 0 bridgehead atoms. The van der Waals surface area contributed by atoms with Crippen LogP contribution < -0.4 is 5.73 Å². The molecule has 3 heteroatoms. The van der Waals surface area contributed by atoms with Gasteiger partial charge in [-0.25, -0.2) is 0 Å². The van der Waals surface area contributed by atoms with Crippen LogP contribution in [0.25, 0.3) is 0 Å². The van der Waals surface area contributed by atoms with E-state index in [4.69, 9.17) is 17.3 Å². The average molecular weight is 306 g/mol. The van der Waals surface area contributed by atoms with Gasteiger partial charge in [-0.3, -0.25) is 0 Å². The first-order chi connectivity index (χ1) is 9.70. The van der Waals surface area contributed by atoms with Crippen LogP contribution in [0.3, 0.4) is 0 Å². The van der Waals surface area contributed by atoms with Crippen molar-refractivity contribution < 1.29 is 0 Å². The van der Waals surface area contributed by atoms with Crippen molar-refractivity contribution in [1.29, 1.82) is 0 Å². The Balaban J connectivity index is 2.08. The van der Waals surface area contributed by atoms with Crippen molar-refractivity contribution in [2.75, 3.05) is 0 Å². The van der Waals surface area contributed by atoms with Crippen LogP contribution in [0.15, 0.2) is 53.4 Å². The van der Waals surface area contributed by atoms with Gasteiger partial charge in [0.15, 0.2) is 0 Å². The summed E-state index contributed by atoms with van der Waals surface area (Å²) in [6.45, 7) is 2.13. The summed E-state index contributed by atoms with van der Waals surface area (Å²) >= 11 is 8.03. The molecule has 2 N–H and O–H groups in total. The van der Waals surface area contributed by atoms with Crippen LogP contribution in [-0.2, 0) is 12.2 Å². The first kappa shape index (κ1) is 15.4. The summed E-state index contributed by atoms with van der Waals surface area (Å²) in [4.78, 5) is 1.30. The van der Waals surface area contributed by atoms with E-state index in [1.165, 1.54) is 16.0 Å². The zero-order valence-electron chi connectivity index (χ0n) is 11.7. The van der Waals surface area contributed by atoms with Crippen LogP contribution in [-0.4, -0.2) is 6.04 Å². The van der Waals surface area contributed by atoms with E-state index in [2.05, 4.69) is 37.3 Å². The highest BCUT2D eigenvalue weighted by Crippen LogP contribution is 2.29. The minimum absolute atomic E-state index is 0.233. The summed E-state index contributed by atoms with van der Waals surface area (Å²) in [6, 6.07) is 16.7. The Morgan fingerprint density at radius 3 is 2.40 bits per heavy atom. The zero-order valence-corrected chi connectivity index (χ0v) is 13.3. The molecule has 0 aliphatic heterocycles. The molecule has 0 aliphatic rings. The minimum Gasteiger partial charge on any atom is -0.327 e. The van der Waals surface area contributed by atoms with Gasteiger partial charge in [0.05, 0.1) is 0 Å². The highest BCUT2D eigenvalue weighted by atomic mass is 35.5. The van der Waals surface area contributed by atoms with Crippen LogP contribution in [0, 0.1) is 0 Å². The molecule has 0 aromatic heterocycles. The average Bonchev–Trinajstić information content (AvgIpc) is 2.47. The zero-order chi connectivity index (χ0) is 14.4. The van der Waals surface area contributed by atoms with Crippen molar-refractivity contribution in [3.05, 3.63) is 64.7 Å². The summed E-state index contributed by atoms with van der Waals surface area (Å²) in [5.41, 5.74) is 8.58. The fourth-order valence-corrected chi connectivity index (χ4v) is 3.37. The molecular formula is C17H20ClNS. The molecule has 0 saturated carbocycles. The second kappa shape index (κ2) is 7.72. The lowest BCUT2D eigenvalue weighted by Gasteiger charge is -2.13. The van der Waals surface area contributed by atoms with E-state index in [-0.39, 0.29) is 6.04 Å². The van der Waals surface area contributed by atoms with E-state index in [0.717, 1.165) is 23.6 Å². The van der Waals surface area contributed by atoms with Crippen LogP contribution in [0.2, 0.25) is 5.02 Å². The van der Waals surface area contributed by atoms with Gasteiger partial charge in [-0.1, -0.05) is 54.9 Å². The molecule has 2 rings (SSSR count). The Kier molecular flexibility index (Phi) is 5.96. The lowest BCUT2D eigenvalue weighted by Crippen LogP contribution is -2.21. The Morgan fingerprint density at radius 1 is 1.05 bits per heavy atom. The Hall–Kier alpha value is -0.960. The number of hydrogen-bond donors (Lipinski definition) is 1. The van der Waals surface area contributed by atoms with E-state index in [0.29, 0.717) is 0 Å². The van der Waals surface area contributed by atoms with Crippen molar-refractivity contribution in [3.63, 3.8) is 0 Å². The van der Waals surface area contributed by atoms with Crippen molar-refractivity contribution in [3.8, 4) is 0 Å². The number of benzene rings is 2. The standard InChI is InChI=1S/C17H20ClNS/c1-2-15(19)11-13-7-4-6-10-17(13)20-12-14-8-3-5-9-16(14)18/h3-10,15H,2,11-12,19H2,1H3. The third kappa shape index (κ3) is 4.27. The van der Waals surface area contributed by atoms with Gasteiger partial charge in [-0.15, -0.1) is 11.8 Å². The monoisotopic (exact) mass is 305 g/mol. The van der Waals surface area contributed by atoms with Crippen molar-refractivity contribution in [2.24, 2.45) is 5.73 Å². The maximum absolute atomic E-state index is 6.20. The maximum atomic E-state index is 6.20. The highest BCUT2D eigenvalue weighted by Gasteiger charge is 2.08. The normalized spacial score (nSPS) is 12.3. The van der Waals surface area contributed by atoms with Gasteiger partial charge in [0.25, 0.3) is 0 Å². The highest BCUT2D eigenvalue weighted by molar-refractivity contribution is 7.98. The molecule has 1 nitrogen and oxygen atoms in total. The lowest BCUT2D eigenvalue weighted by atomic mass is 10.1. The van der Waals surface area contributed by atoms with Crippen LogP contribution in [0.1, 0.15) is 24.5 Å². The molecule has 0 fully saturated rings. The molecule has 0 saturated heterocycles. The van der Waals surface area contributed by atoms with E-state index in [1.807, 2.05) is 30.0 Å².